The largest absolute Gasteiger partial charge is 0.457 e. The van der Waals surface area contributed by atoms with Crippen molar-refractivity contribution in [3.63, 3.8) is 0 Å². The third-order valence-corrected chi connectivity index (χ3v) is 3.14. The van der Waals surface area contributed by atoms with Crippen LogP contribution in [0.15, 0.2) is 66.7 Å². The van der Waals surface area contributed by atoms with Crippen LogP contribution in [0, 0.1) is 0 Å². The van der Waals surface area contributed by atoms with Crippen LogP contribution in [-0.4, -0.2) is 0 Å². The molecule has 3 rings (SSSR count). The van der Waals surface area contributed by atoms with Gasteiger partial charge in [0, 0.05) is 6.54 Å². The summed E-state index contributed by atoms with van der Waals surface area (Å²) in [6.07, 6.45) is 0. The maximum atomic E-state index is 5.83. The lowest BCUT2D eigenvalue weighted by atomic mass is 10.0. The summed E-state index contributed by atoms with van der Waals surface area (Å²) in [6, 6.07) is 22.0. The van der Waals surface area contributed by atoms with Gasteiger partial charge in [-0.25, -0.2) is 0 Å². The van der Waals surface area contributed by atoms with Crippen molar-refractivity contribution in [3.05, 3.63) is 72.3 Å². The van der Waals surface area contributed by atoms with Gasteiger partial charge in [-0.1, -0.05) is 42.5 Å². The second-order valence-electron chi connectivity index (χ2n) is 4.42. The first kappa shape index (κ1) is 11.8. The fourth-order valence-electron chi connectivity index (χ4n) is 2.19. The normalized spacial score (nSPS) is 10.6. The lowest BCUT2D eigenvalue weighted by Crippen LogP contribution is -1.96. The number of para-hydroxylation sites is 1. The first-order chi connectivity index (χ1) is 9.36. The molecule has 0 aliphatic rings. The Morgan fingerprint density at radius 1 is 0.789 bits per heavy atom. The highest BCUT2D eigenvalue weighted by Gasteiger charge is 2.02. The van der Waals surface area contributed by atoms with Crippen LogP contribution in [0.3, 0.4) is 0 Å². The van der Waals surface area contributed by atoms with E-state index >= 15 is 0 Å². The molecule has 0 amide bonds. The molecule has 2 heteroatoms. The van der Waals surface area contributed by atoms with E-state index < -0.39 is 0 Å². The van der Waals surface area contributed by atoms with Crippen molar-refractivity contribution in [1.29, 1.82) is 0 Å². The van der Waals surface area contributed by atoms with Crippen LogP contribution >= 0.6 is 0 Å². The molecule has 0 aromatic heterocycles. The van der Waals surface area contributed by atoms with E-state index in [1.165, 1.54) is 5.39 Å². The lowest BCUT2D eigenvalue weighted by molar-refractivity contribution is 0.483. The molecule has 3 aromatic rings. The van der Waals surface area contributed by atoms with E-state index in [9.17, 15) is 0 Å². The molecule has 0 saturated heterocycles. The van der Waals surface area contributed by atoms with Gasteiger partial charge in [-0.15, -0.1) is 0 Å². The number of rotatable bonds is 3. The van der Waals surface area contributed by atoms with Crippen LogP contribution in [0.1, 0.15) is 5.56 Å². The average Bonchev–Trinajstić information content (AvgIpc) is 2.47. The van der Waals surface area contributed by atoms with Gasteiger partial charge >= 0.3 is 0 Å². The number of hydrogen-bond acceptors (Lipinski definition) is 2. The van der Waals surface area contributed by atoms with Crippen molar-refractivity contribution in [2.24, 2.45) is 5.73 Å². The van der Waals surface area contributed by atoms with E-state index in [1.54, 1.807) is 0 Å². The zero-order valence-electron chi connectivity index (χ0n) is 10.5. The Hall–Kier alpha value is -2.32. The van der Waals surface area contributed by atoms with Crippen LogP contribution in [0.2, 0.25) is 0 Å². The number of benzene rings is 3. The predicted molar refractivity (Wildman–Crippen MR) is 78.4 cm³/mol. The van der Waals surface area contributed by atoms with Gasteiger partial charge in [-0.05, 0) is 40.6 Å². The maximum Gasteiger partial charge on any atom is 0.128 e. The predicted octanol–water partition coefficient (Wildman–Crippen LogP) is 4.09. The van der Waals surface area contributed by atoms with Crippen LogP contribution in [0.5, 0.6) is 11.5 Å². The molecule has 0 heterocycles. The third-order valence-electron chi connectivity index (χ3n) is 3.14. The van der Waals surface area contributed by atoms with Crippen molar-refractivity contribution < 1.29 is 4.74 Å². The molecule has 2 N–H and O–H groups in total. The summed E-state index contributed by atoms with van der Waals surface area (Å²) in [5.41, 5.74) is 6.90. The van der Waals surface area contributed by atoms with E-state index in [1.807, 2.05) is 48.5 Å². The Morgan fingerprint density at radius 2 is 1.63 bits per heavy atom. The molecule has 0 radical (unpaired) electrons. The van der Waals surface area contributed by atoms with Crippen molar-refractivity contribution in [2.45, 2.75) is 6.54 Å². The van der Waals surface area contributed by atoms with Crippen molar-refractivity contribution in [2.75, 3.05) is 0 Å². The molecule has 0 bridgehead atoms. The Bertz CT molecular complexity index is 692. The average molecular weight is 249 g/mol. The van der Waals surface area contributed by atoms with Crippen molar-refractivity contribution in [3.8, 4) is 11.5 Å². The Balaban J connectivity index is 1.98. The summed E-state index contributed by atoms with van der Waals surface area (Å²) < 4.78 is 5.83. The fourth-order valence-corrected chi connectivity index (χ4v) is 2.19. The summed E-state index contributed by atoms with van der Waals surface area (Å²) in [5, 5.41) is 2.33. The highest BCUT2D eigenvalue weighted by molar-refractivity contribution is 5.87. The first-order valence-corrected chi connectivity index (χ1v) is 6.31. The van der Waals surface area contributed by atoms with Gasteiger partial charge in [-0.3, -0.25) is 0 Å². The van der Waals surface area contributed by atoms with Gasteiger partial charge in [0.05, 0.1) is 0 Å². The molecule has 94 valence electrons. The topological polar surface area (TPSA) is 35.2 Å². The monoisotopic (exact) mass is 249 g/mol. The van der Waals surface area contributed by atoms with Crippen molar-refractivity contribution in [1.82, 2.24) is 0 Å². The molecular formula is C17H15NO. The number of fused-ring (bicyclic) bond motifs is 1. The SMILES string of the molecule is NCc1cccc2cc(Oc3ccccc3)ccc12. The third kappa shape index (κ3) is 2.44. The van der Waals surface area contributed by atoms with Crippen LogP contribution in [0.4, 0.5) is 0 Å². The molecule has 0 atom stereocenters. The van der Waals surface area contributed by atoms with Crippen LogP contribution < -0.4 is 10.5 Å². The van der Waals surface area contributed by atoms with Gasteiger partial charge < -0.3 is 10.5 Å². The minimum Gasteiger partial charge on any atom is -0.457 e. The van der Waals surface area contributed by atoms with E-state index in [0.29, 0.717) is 6.54 Å². The number of ether oxygens (including phenoxy) is 1. The summed E-state index contributed by atoms with van der Waals surface area (Å²) in [6.45, 7) is 0.552. The lowest BCUT2D eigenvalue weighted by Gasteiger charge is -2.08. The Kier molecular flexibility index (Phi) is 3.17. The second kappa shape index (κ2) is 5.12. The summed E-state index contributed by atoms with van der Waals surface area (Å²) in [4.78, 5) is 0. The molecule has 0 saturated carbocycles. The van der Waals surface area contributed by atoms with E-state index in [2.05, 4.69) is 18.2 Å². The molecule has 0 aliphatic carbocycles. The maximum absolute atomic E-state index is 5.83. The highest BCUT2D eigenvalue weighted by atomic mass is 16.5. The summed E-state index contributed by atoms with van der Waals surface area (Å²) in [7, 11) is 0. The van der Waals surface area contributed by atoms with Gasteiger partial charge in [0.25, 0.3) is 0 Å². The number of nitrogens with two attached hydrogens (primary N) is 1. The first-order valence-electron chi connectivity index (χ1n) is 6.31. The quantitative estimate of drug-likeness (QED) is 0.758. The van der Waals surface area contributed by atoms with Gasteiger partial charge in [0.15, 0.2) is 0 Å². The molecule has 2 nitrogen and oxygen atoms in total. The fraction of sp³-hybridized carbons (Fsp3) is 0.0588. The van der Waals surface area contributed by atoms with Crippen LogP contribution in [0.25, 0.3) is 10.8 Å². The standard InChI is InChI=1S/C17H15NO/c18-12-14-6-4-5-13-11-16(9-10-17(13)14)19-15-7-2-1-3-8-15/h1-11H,12,18H2. The smallest absolute Gasteiger partial charge is 0.128 e. The Morgan fingerprint density at radius 3 is 2.42 bits per heavy atom. The highest BCUT2D eigenvalue weighted by Crippen LogP contribution is 2.27. The van der Waals surface area contributed by atoms with Gasteiger partial charge in [0.2, 0.25) is 0 Å². The molecule has 0 spiro atoms. The zero-order chi connectivity index (χ0) is 13.1. The van der Waals surface area contributed by atoms with Crippen molar-refractivity contribution >= 4 is 10.8 Å². The van der Waals surface area contributed by atoms with E-state index in [0.717, 1.165) is 22.4 Å². The molecule has 0 fully saturated rings. The minimum absolute atomic E-state index is 0.552. The van der Waals surface area contributed by atoms with E-state index in [4.69, 9.17) is 10.5 Å². The van der Waals surface area contributed by atoms with Crippen LogP contribution in [-0.2, 0) is 6.54 Å². The molecule has 19 heavy (non-hydrogen) atoms. The Labute approximate surface area is 112 Å². The summed E-state index contributed by atoms with van der Waals surface area (Å²) in [5.74, 6) is 1.68. The van der Waals surface area contributed by atoms with E-state index in [-0.39, 0.29) is 0 Å². The van der Waals surface area contributed by atoms with Gasteiger partial charge in [0.1, 0.15) is 11.5 Å². The number of hydrogen-bond donors (Lipinski definition) is 1. The molecule has 0 aliphatic heterocycles. The second-order valence-corrected chi connectivity index (χ2v) is 4.42. The zero-order valence-corrected chi connectivity index (χ0v) is 10.5. The molecular weight excluding hydrogens is 234 g/mol. The summed E-state index contributed by atoms with van der Waals surface area (Å²) >= 11 is 0. The molecule has 0 unspecified atom stereocenters. The van der Waals surface area contributed by atoms with Gasteiger partial charge in [-0.2, -0.15) is 0 Å². The minimum atomic E-state index is 0.552. The molecule has 3 aromatic carbocycles.